The van der Waals surface area contributed by atoms with Crippen molar-refractivity contribution in [1.29, 1.82) is 0 Å². The van der Waals surface area contributed by atoms with Crippen molar-refractivity contribution in [3.8, 4) is 5.75 Å². The van der Waals surface area contributed by atoms with Gasteiger partial charge in [-0.3, -0.25) is 4.79 Å². The first kappa shape index (κ1) is 12.9. The van der Waals surface area contributed by atoms with Crippen molar-refractivity contribution in [3.63, 3.8) is 0 Å². The Bertz CT molecular complexity index is 450. The third-order valence-corrected chi connectivity index (χ3v) is 3.43. The third kappa shape index (κ3) is 2.48. The maximum absolute atomic E-state index is 12.2. The van der Waals surface area contributed by atoms with E-state index in [4.69, 9.17) is 9.47 Å². The number of amides is 1. The molecule has 1 saturated heterocycles. The van der Waals surface area contributed by atoms with Crippen LogP contribution in [0, 0.1) is 12.8 Å². The molecule has 0 aromatic heterocycles. The summed E-state index contributed by atoms with van der Waals surface area (Å²) in [6.45, 7) is 5.27. The number of ether oxygens (including phenoxy) is 2. The summed E-state index contributed by atoms with van der Waals surface area (Å²) in [5, 5.41) is 3.02. The van der Waals surface area contributed by atoms with Crippen LogP contribution in [0.25, 0.3) is 0 Å². The summed E-state index contributed by atoms with van der Waals surface area (Å²) in [6, 6.07) is 5.60. The van der Waals surface area contributed by atoms with Gasteiger partial charge in [-0.2, -0.15) is 0 Å². The van der Waals surface area contributed by atoms with Gasteiger partial charge < -0.3 is 14.8 Å². The van der Waals surface area contributed by atoms with E-state index in [-0.39, 0.29) is 13.4 Å². The highest BCUT2D eigenvalue weighted by atomic mass is 16.5. The van der Waals surface area contributed by atoms with Gasteiger partial charge in [0.15, 0.2) is 0 Å². The van der Waals surface area contributed by atoms with Crippen molar-refractivity contribution in [3.05, 3.63) is 29.3 Å². The first-order valence-electron chi connectivity index (χ1n) is 6.15. The largest absolute Gasteiger partial charge is 0.496 e. The first-order chi connectivity index (χ1) is 8.63. The summed E-state index contributed by atoms with van der Waals surface area (Å²) in [5.74, 6) is 1.03. The molecule has 0 spiro atoms. The zero-order valence-electron chi connectivity index (χ0n) is 11.0. The Morgan fingerprint density at radius 2 is 2.28 bits per heavy atom. The fraction of sp³-hybridized carbons (Fsp3) is 0.500. The van der Waals surface area contributed by atoms with Crippen molar-refractivity contribution >= 4 is 5.91 Å². The van der Waals surface area contributed by atoms with Gasteiger partial charge in [0.2, 0.25) is 0 Å². The number of benzene rings is 1. The smallest absolute Gasteiger partial charge is 0.251 e. The van der Waals surface area contributed by atoms with Gasteiger partial charge >= 0.3 is 0 Å². The molecule has 18 heavy (non-hydrogen) atoms. The van der Waals surface area contributed by atoms with Gasteiger partial charge in [-0.05, 0) is 19.1 Å². The molecule has 1 aliphatic heterocycles. The highest BCUT2D eigenvalue weighted by Gasteiger charge is 2.26. The maximum Gasteiger partial charge on any atom is 0.251 e. The maximum atomic E-state index is 12.2. The topological polar surface area (TPSA) is 47.6 Å². The van der Waals surface area contributed by atoms with Gasteiger partial charge in [0.05, 0.1) is 26.4 Å². The number of methoxy groups -OCH3 is 1. The summed E-state index contributed by atoms with van der Waals surface area (Å²) in [6.07, 6.45) is 0. The molecule has 1 fully saturated rings. The minimum Gasteiger partial charge on any atom is -0.496 e. The molecule has 1 heterocycles. The van der Waals surface area contributed by atoms with Gasteiger partial charge in [0.25, 0.3) is 5.91 Å². The zero-order chi connectivity index (χ0) is 13.1. The summed E-state index contributed by atoms with van der Waals surface area (Å²) in [7, 11) is 1.61. The van der Waals surface area contributed by atoms with Crippen LogP contribution in [0.5, 0.6) is 5.75 Å². The summed E-state index contributed by atoms with van der Waals surface area (Å²) >= 11 is 0. The Hall–Kier alpha value is -1.55. The standard InChI is InChI=1S/C14H19NO3.H2/c1-9-7-18-8-12(9)15-14(16)11-5-4-6-13(17-3)10(11)2;/h4-6,9,12H,7-8H2,1-3H3,(H,15,16);1H/t9-,12+;/m1./s1. The van der Waals surface area contributed by atoms with Crippen LogP contribution < -0.4 is 10.1 Å². The first-order valence-corrected chi connectivity index (χ1v) is 6.15. The number of hydrogen-bond acceptors (Lipinski definition) is 3. The molecule has 2 rings (SSSR count). The zero-order valence-corrected chi connectivity index (χ0v) is 11.0. The van der Waals surface area contributed by atoms with E-state index in [2.05, 4.69) is 12.2 Å². The number of rotatable bonds is 3. The molecule has 4 nitrogen and oxygen atoms in total. The molecule has 0 radical (unpaired) electrons. The Morgan fingerprint density at radius 1 is 1.50 bits per heavy atom. The molecule has 0 bridgehead atoms. The normalized spacial score (nSPS) is 22.8. The van der Waals surface area contributed by atoms with Crippen molar-refractivity contribution in [2.75, 3.05) is 20.3 Å². The highest BCUT2D eigenvalue weighted by Crippen LogP contribution is 2.21. The second-order valence-corrected chi connectivity index (χ2v) is 4.73. The Balaban J connectivity index is 0.00000180. The monoisotopic (exact) mass is 251 g/mol. The molecular formula is C14H21NO3. The van der Waals surface area contributed by atoms with Gasteiger partial charge in [-0.25, -0.2) is 0 Å². The van der Waals surface area contributed by atoms with E-state index >= 15 is 0 Å². The van der Waals surface area contributed by atoms with Gasteiger partial charge in [-0.1, -0.05) is 13.0 Å². The highest BCUT2D eigenvalue weighted by molar-refractivity contribution is 5.96. The van der Waals surface area contributed by atoms with Crippen LogP contribution in [0.15, 0.2) is 18.2 Å². The molecule has 1 aromatic carbocycles. The van der Waals surface area contributed by atoms with Crippen LogP contribution in [0.3, 0.4) is 0 Å². The van der Waals surface area contributed by atoms with Crippen LogP contribution in [0.4, 0.5) is 0 Å². The predicted octanol–water partition coefficient (Wildman–Crippen LogP) is 2.01. The lowest BCUT2D eigenvalue weighted by Crippen LogP contribution is -2.39. The number of hydrogen-bond donors (Lipinski definition) is 1. The van der Waals surface area contributed by atoms with Gasteiger partial charge in [0.1, 0.15) is 5.75 Å². The molecule has 4 heteroatoms. The minimum absolute atomic E-state index is 0. The molecule has 0 saturated carbocycles. The average molecular weight is 251 g/mol. The van der Waals surface area contributed by atoms with Crippen LogP contribution in [0.2, 0.25) is 0 Å². The summed E-state index contributed by atoms with van der Waals surface area (Å²) in [4.78, 5) is 12.2. The molecule has 100 valence electrons. The van der Waals surface area contributed by atoms with Gasteiger partial charge in [0, 0.05) is 18.5 Å². The van der Waals surface area contributed by atoms with Gasteiger partial charge in [-0.15, -0.1) is 0 Å². The average Bonchev–Trinajstić information content (AvgIpc) is 2.75. The Kier molecular flexibility index (Phi) is 3.87. The number of nitrogens with one attached hydrogen (secondary N) is 1. The van der Waals surface area contributed by atoms with Crippen LogP contribution in [-0.2, 0) is 4.74 Å². The number of carbonyl (C=O) groups is 1. The minimum atomic E-state index is -0.0613. The van der Waals surface area contributed by atoms with E-state index in [0.29, 0.717) is 24.7 Å². The lowest BCUT2D eigenvalue weighted by atomic mass is 10.0. The SMILES string of the molecule is COc1cccc(C(=O)N[C@H]2COC[C@H]2C)c1C.[HH]. The number of carbonyl (C=O) groups excluding carboxylic acids is 1. The predicted molar refractivity (Wildman–Crippen MR) is 71.1 cm³/mol. The summed E-state index contributed by atoms with van der Waals surface area (Å²) in [5.41, 5.74) is 1.53. The summed E-state index contributed by atoms with van der Waals surface area (Å²) < 4.78 is 10.6. The second-order valence-electron chi connectivity index (χ2n) is 4.73. The van der Waals surface area contributed by atoms with E-state index in [1.165, 1.54) is 0 Å². The van der Waals surface area contributed by atoms with Crippen LogP contribution in [-0.4, -0.2) is 32.3 Å². The van der Waals surface area contributed by atoms with E-state index in [9.17, 15) is 4.79 Å². The van der Waals surface area contributed by atoms with E-state index in [1.54, 1.807) is 7.11 Å². The third-order valence-electron chi connectivity index (χ3n) is 3.43. The van der Waals surface area contributed by atoms with Crippen molar-refractivity contribution in [1.82, 2.24) is 5.32 Å². The molecule has 0 unspecified atom stereocenters. The lowest BCUT2D eigenvalue weighted by Gasteiger charge is -2.17. The molecule has 1 amide bonds. The molecule has 1 aromatic rings. The Labute approximate surface area is 109 Å². The van der Waals surface area contributed by atoms with Crippen molar-refractivity contribution in [2.45, 2.75) is 19.9 Å². The quantitative estimate of drug-likeness (QED) is 0.894. The Morgan fingerprint density at radius 3 is 2.89 bits per heavy atom. The van der Waals surface area contributed by atoms with E-state index in [0.717, 1.165) is 11.3 Å². The molecule has 2 atom stereocenters. The lowest BCUT2D eigenvalue weighted by molar-refractivity contribution is 0.0925. The second kappa shape index (κ2) is 5.40. The van der Waals surface area contributed by atoms with Crippen molar-refractivity contribution in [2.24, 2.45) is 5.92 Å². The van der Waals surface area contributed by atoms with Crippen LogP contribution >= 0.6 is 0 Å². The fourth-order valence-corrected chi connectivity index (χ4v) is 2.17. The van der Waals surface area contributed by atoms with Crippen LogP contribution in [0.1, 0.15) is 24.3 Å². The van der Waals surface area contributed by atoms with Crippen molar-refractivity contribution < 1.29 is 15.7 Å². The van der Waals surface area contributed by atoms with E-state index in [1.807, 2.05) is 25.1 Å². The van der Waals surface area contributed by atoms with E-state index < -0.39 is 0 Å². The molecule has 1 N–H and O–H groups in total. The fourth-order valence-electron chi connectivity index (χ4n) is 2.17. The molecule has 1 aliphatic rings. The molecule has 0 aliphatic carbocycles. The molecular weight excluding hydrogens is 230 g/mol.